The van der Waals surface area contributed by atoms with Gasteiger partial charge in [0.25, 0.3) is 5.91 Å². The first-order valence-corrected chi connectivity index (χ1v) is 6.35. The zero-order chi connectivity index (χ0) is 12.7. The van der Waals surface area contributed by atoms with Crippen molar-refractivity contribution in [2.45, 2.75) is 32.4 Å². The van der Waals surface area contributed by atoms with Crippen LogP contribution in [0.4, 0.5) is 0 Å². The van der Waals surface area contributed by atoms with E-state index in [4.69, 9.17) is 0 Å². The quantitative estimate of drug-likeness (QED) is 0.807. The lowest BCUT2D eigenvalue weighted by Crippen LogP contribution is -2.50. The van der Waals surface area contributed by atoms with E-state index in [2.05, 4.69) is 5.32 Å². The molecule has 2 aliphatic rings. The van der Waals surface area contributed by atoms with E-state index in [-0.39, 0.29) is 17.9 Å². The van der Waals surface area contributed by atoms with Gasteiger partial charge in [-0.15, -0.1) is 0 Å². The van der Waals surface area contributed by atoms with Crippen LogP contribution in [0.3, 0.4) is 0 Å². The van der Waals surface area contributed by atoms with Crippen LogP contribution >= 0.6 is 0 Å². The molecular weight excluding hydrogens is 228 g/mol. The van der Waals surface area contributed by atoms with Crippen molar-refractivity contribution >= 4 is 11.8 Å². The van der Waals surface area contributed by atoms with Gasteiger partial charge in [0.1, 0.15) is 6.04 Å². The Morgan fingerprint density at radius 2 is 2.17 bits per heavy atom. The van der Waals surface area contributed by atoms with Crippen molar-refractivity contribution in [3.63, 3.8) is 0 Å². The van der Waals surface area contributed by atoms with E-state index in [9.17, 15) is 9.59 Å². The van der Waals surface area contributed by atoms with Crippen LogP contribution in [0.2, 0.25) is 0 Å². The van der Waals surface area contributed by atoms with Crippen LogP contribution in [0.5, 0.6) is 0 Å². The zero-order valence-corrected chi connectivity index (χ0v) is 10.4. The topological polar surface area (TPSA) is 49.4 Å². The van der Waals surface area contributed by atoms with Gasteiger partial charge in [-0.2, -0.15) is 0 Å². The number of fused-ring (bicyclic) bond motifs is 1. The Morgan fingerprint density at radius 3 is 2.94 bits per heavy atom. The first kappa shape index (κ1) is 11.3. The van der Waals surface area contributed by atoms with Crippen LogP contribution in [0.1, 0.15) is 34.3 Å². The van der Waals surface area contributed by atoms with E-state index < -0.39 is 0 Å². The SMILES string of the molecule is Cc1ccc2c(c1)C(=O)N(C1CCCNC1=O)C2. The molecule has 0 radical (unpaired) electrons. The molecule has 2 heterocycles. The first-order valence-electron chi connectivity index (χ1n) is 6.35. The molecule has 0 aliphatic carbocycles. The van der Waals surface area contributed by atoms with Crippen molar-refractivity contribution in [1.29, 1.82) is 0 Å². The van der Waals surface area contributed by atoms with Crippen molar-refractivity contribution in [3.8, 4) is 0 Å². The van der Waals surface area contributed by atoms with E-state index in [1.165, 1.54) is 0 Å². The van der Waals surface area contributed by atoms with Crippen molar-refractivity contribution in [2.75, 3.05) is 6.54 Å². The second kappa shape index (κ2) is 4.12. The van der Waals surface area contributed by atoms with Crippen LogP contribution in [0.25, 0.3) is 0 Å². The summed E-state index contributed by atoms with van der Waals surface area (Å²) in [7, 11) is 0. The fourth-order valence-corrected chi connectivity index (χ4v) is 2.74. The normalized spacial score (nSPS) is 22.9. The Balaban J connectivity index is 1.90. The third kappa shape index (κ3) is 1.68. The highest BCUT2D eigenvalue weighted by molar-refractivity contribution is 6.01. The Hall–Kier alpha value is -1.84. The van der Waals surface area contributed by atoms with Gasteiger partial charge in [-0.05, 0) is 31.4 Å². The molecule has 1 saturated heterocycles. The molecule has 18 heavy (non-hydrogen) atoms. The van der Waals surface area contributed by atoms with Crippen LogP contribution in [0.15, 0.2) is 18.2 Å². The summed E-state index contributed by atoms with van der Waals surface area (Å²) in [5.41, 5.74) is 2.87. The maximum Gasteiger partial charge on any atom is 0.255 e. The van der Waals surface area contributed by atoms with Crippen molar-refractivity contribution in [1.82, 2.24) is 10.2 Å². The number of carbonyl (C=O) groups excluding carboxylic acids is 2. The summed E-state index contributed by atoms with van der Waals surface area (Å²) >= 11 is 0. The number of nitrogens with one attached hydrogen (secondary N) is 1. The minimum Gasteiger partial charge on any atom is -0.354 e. The van der Waals surface area contributed by atoms with Crippen LogP contribution < -0.4 is 5.32 Å². The Bertz CT molecular complexity index is 525. The van der Waals surface area contributed by atoms with E-state index in [0.29, 0.717) is 6.54 Å². The number of rotatable bonds is 1. The molecule has 1 N–H and O–H groups in total. The largest absolute Gasteiger partial charge is 0.354 e. The molecule has 3 rings (SSSR count). The monoisotopic (exact) mass is 244 g/mol. The average Bonchev–Trinajstić information content (AvgIpc) is 2.68. The number of hydrogen-bond donors (Lipinski definition) is 1. The maximum absolute atomic E-state index is 12.3. The summed E-state index contributed by atoms with van der Waals surface area (Å²) in [5.74, 6) is -0.0186. The molecule has 4 nitrogen and oxygen atoms in total. The predicted molar refractivity (Wildman–Crippen MR) is 67.1 cm³/mol. The molecule has 0 spiro atoms. The number of benzene rings is 1. The lowest BCUT2D eigenvalue weighted by Gasteiger charge is -2.30. The van der Waals surface area contributed by atoms with E-state index >= 15 is 0 Å². The van der Waals surface area contributed by atoms with Gasteiger partial charge in [-0.1, -0.05) is 17.7 Å². The van der Waals surface area contributed by atoms with Gasteiger partial charge >= 0.3 is 0 Å². The lowest BCUT2D eigenvalue weighted by atomic mass is 10.1. The fraction of sp³-hybridized carbons (Fsp3) is 0.429. The number of hydrogen-bond acceptors (Lipinski definition) is 2. The van der Waals surface area contributed by atoms with E-state index in [1.807, 2.05) is 25.1 Å². The molecule has 1 aromatic rings. The molecule has 4 heteroatoms. The summed E-state index contributed by atoms with van der Waals surface area (Å²) in [5, 5.41) is 2.83. The summed E-state index contributed by atoms with van der Waals surface area (Å²) < 4.78 is 0. The highest BCUT2D eigenvalue weighted by Crippen LogP contribution is 2.27. The van der Waals surface area contributed by atoms with Crippen LogP contribution in [0, 0.1) is 6.92 Å². The van der Waals surface area contributed by atoms with Gasteiger partial charge in [0.2, 0.25) is 5.91 Å². The molecule has 2 amide bonds. The molecule has 0 aromatic heterocycles. The maximum atomic E-state index is 12.3. The molecule has 1 atom stereocenters. The highest BCUT2D eigenvalue weighted by Gasteiger charge is 2.37. The standard InChI is InChI=1S/C14H16N2O2/c1-9-4-5-10-8-16(14(18)11(10)7-9)12-3-2-6-15-13(12)17/h4-5,7,12H,2-3,6,8H2,1H3,(H,15,17). The number of carbonyl (C=O) groups is 2. The Morgan fingerprint density at radius 1 is 1.33 bits per heavy atom. The third-order valence-electron chi connectivity index (χ3n) is 3.73. The average molecular weight is 244 g/mol. The third-order valence-corrected chi connectivity index (χ3v) is 3.73. The van der Waals surface area contributed by atoms with Gasteiger partial charge in [-0.25, -0.2) is 0 Å². The molecule has 1 unspecified atom stereocenters. The van der Waals surface area contributed by atoms with Crippen molar-refractivity contribution < 1.29 is 9.59 Å². The summed E-state index contributed by atoms with van der Waals surface area (Å²) in [6.07, 6.45) is 1.71. The van der Waals surface area contributed by atoms with Crippen molar-refractivity contribution in [3.05, 3.63) is 34.9 Å². The number of aryl methyl sites for hydroxylation is 1. The zero-order valence-electron chi connectivity index (χ0n) is 10.4. The van der Waals surface area contributed by atoms with Gasteiger partial charge in [0.15, 0.2) is 0 Å². The molecule has 94 valence electrons. The number of amides is 2. The van der Waals surface area contributed by atoms with Crippen LogP contribution in [-0.2, 0) is 11.3 Å². The van der Waals surface area contributed by atoms with Crippen molar-refractivity contribution in [2.24, 2.45) is 0 Å². The minimum absolute atomic E-state index is 0.00394. The summed E-state index contributed by atoms with van der Waals surface area (Å²) in [6, 6.07) is 5.62. The smallest absolute Gasteiger partial charge is 0.255 e. The summed E-state index contributed by atoms with van der Waals surface area (Å²) in [6.45, 7) is 3.26. The van der Waals surface area contributed by atoms with Gasteiger partial charge < -0.3 is 10.2 Å². The highest BCUT2D eigenvalue weighted by atomic mass is 16.2. The number of nitrogens with zero attached hydrogens (tertiary/aromatic N) is 1. The molecule has 2 aliphatic heterocycles. The van der Waals surface area contributed by atoms with Crippen LogP contribution in [-0.4, -0.2) is 29.3 Å². The van der Waals surface area contributed by atoms with Gasteiger partial charge in [0, 0.05) is 18.7 Å². The Kier molecular flexibility index (Phi) is 2.58. The first-order chi connectivity index (χ1) is 8.66. The second-order valence-electron chi connectivity index (χ2n) is 5.04. The molecular formula is C14H16N2O2. The predicted octanol–water partition coefficient (Wildman–Crippen LogP) is 1.23. The molecule has 0 bridgehead atoms. The van der Waals surface area contributed by atoms with E-state index in [1.54, 1.807) is 4.90 Å². The minimum atomic E-state index is -0.293. The Labute approximate surface area is 106 Å². The fourth-order valence-electron chi connectivity index (χ4n) is 2.74. The van der Waals surface area contributed by atoms with E-state index in [0.717, 1.165) is 36.1 Å². The second-order valence-corrected chi connectivity index (χ2v) is 5.04. The van der Waals surface area contributed by atoms with Gasteiger partial charge in [0.05, 0.1) is 0 Å². The summed E-state index contributed by atoms with van der Waals surface area (Å²) in [4.78, 5) is 25.9. The molecule has 1 aromatic carbocycles. The number of piperidine rings is 1. The van der Waals surface area contributed by atoms with Gasteiger partial charge in [-0.3, -0.25) is 9.59 Å². The molecule has 1 fully saturated rings. The lowest BCUT2D eigenvalue weighted by molar-refractivity contribution is -0.127. The molecule has 0 saturated carbocycles.